The average Bonchev–Trinajstić information content (AvgIpc) is 2.25. The molecule has 0 heterocycles. The van der Waals surface area contributed by atoms with Gasteiger partial charge in [0.25, 0.3) is 0 Å². The van der Waals surface area contributed by atoms with Crippen molar-refractivity contribution >= 4 is 11.4 Å². The average molecular weight is 253 g/mol. The Kier molecular flexibility index (Phi) is 4.91. The molecule has 1 unspecified atom stereocenters. The van der Waals surface area contributed by atoms with E-state index in [2.05, 4.69) is 5.32 Å². The van der Waals surface area contributed by atoms with Crippen LogP contribution >= 0.6 is 0 Å². The number of anilines is 1. The molecular weight excluding hydrogens is 234 g/mol. The predicted octanol–water partition coefficient (Wildman–Crippen LogP) is 2.14. The van der Waals surface area contributed by atoms with Gasteiger partial charge in [-0.05, 0) is 32.9 Å². The first-order valence-electron chi connectivity index (χ1n) is 5.85. The van der Waals surface area contributed by atoms with Gasteiger partial charge in [-0.3, -0.25) is 10.1 Å². The molecule has 0 aliphatic rings. The fourth-order valence-corrected chi connectivity index (χ4v) is 1.47. The highest BCUT2D eigenvalue weighted by Crippen LogP contribution is 2.35. The number of hydrogen-bond donors (Lipinski definition) is 2. The van der Waals surface area contributed by atoms with E-state index in [1.807, 2.05) is 20.8 Å². The van der Waals surface area contributed by atoms with Crippen molar-refractivity contribution < 1.29 is 9.66 Å². The molecule has 0 aliphatic heterocycles. The second-order valence-corrected chi connectivity index (χ2v) is 4.43. The molecule has 18 heavy (non-hydrogen) atoms. The summed E-state index contributed by atoms with van der Waals surface area (Å²) in [5.41, 5.74) is 6.00. The van der Waals surface area contributed by atoms with Crippen molar-refractivity contribution in [3.8, 4) is 5.75 Å². The molecular formula is C12H19N3O3. The van der Waals surface area contributed by atoms with Gasteiger partial charge in [-0.2, -0.15) is 0 Å². The number of ether oxygens (including phenoxy) is 1. The number of nitro benzene ring substituents is 1. The van der Waals surface area contributed by atoms with E-state index in [9.17, 15) is 10.1 Å². The normalized spacial score (nSPS) is 12.3. The summed E-state index contributed by atoms with van der Waals surface area (Å²) in [6, 6.07) is 4.87. The van der Waals surface area contributed by atoms with E-state index in [-0.39, 0.29) is 23.6 Å². The molecule has 1 aromatic carbocycles. The Morgan fingerprint density at radius 2 is 2.11 bits per heavy atom. The van der Waals surface area contributed by atoms with Crippen LogP contribution in [0.1, 0.15) is 20.8 Å². The third-order valence-electron chi connectivity index (χ3n) is 2.16. The SMILES string of the molecule is CC(N)CNc1cccc(OC(C)C)c1[N+](=O)[O-]. The first kappa shape index (κ1) is 14.2. The van der Waals surface area contributed by atoms with E-state index in [4.69, 9.17) is 10.5 Å². The minimum absolute atomic E-state index is 0.0492. The summed E-state index contributed by atoms with van der Waals surface area (Å²) in [6.45, 7) is 5.94. The highest BCUT2D eigenvalue weighted by Gasteiger charge is 2.21. The summed E-state index contributed by atoms with van der Waals surface area (Å²) in [5.74, 6) is 0.268. The van der Waals surface area contributed by atoms with Crippen LogP contribution in [-0.2, 0) is 0 Å². The molecule has 0 fully saturated rings. The molecule has 1 aromatic rings. The van der Waals surface area contributed by atoms with Gasteiger partial charge in [0.05, 0.1) is 11.0 Å². The van der Waals surface area contributed by atoms with Crippen molar-refractivity contribution in [1.29, 1.82) is 0 Å². The van der Waals surface area contributed by atoms with Crippen molar-refractivity contribution in [2.24, 2.45) is 5.73 Å². The van der Waals surface area contributed by atoms with Crippen molar-refractivity contribution in [3.05, 3.63) is 28.3 Å². The molecule has 0 bridgehead atoms. The lowest BCUT2D eigenvalue weighted by Gasteiger charge is -2.14. The molecule has 0 aromatic heterocycles. The van der Waals surface area contributed by atoms with E-state index in [1.54, 1.807) is 18.2 Å². The lowest BCUT2D eigenvalue weighted by molar-refractivity contribution is -0.385. The van der Waals surface area contributed by atoms with Crippen LogP contribution in [0.25, 0.3) is 0 Å². The summed E-state index contributed by atoms with van der Waals surface area (Å²) < 4.78 is 5.44. The maximum absolute atomic E-state index is 11.1. The van der Waals surface area contributed by atoms with Crippen LogP contribution in [0.2, 0.25) is 0 Å². The molecule has 6 nitrogen and oxygen atoms in total. The zero-order chi connectivity index (χ0) is 13.7. The van der Waals surface area contributed by atoms with E-state index in [0.717, 1.165) is 0 Å². The van der Waals surface area contributed by atoms with Gasteiger partial charge in [0.1, 0.15) is 5.69 Å². The molecule has 1 rings (SSSR count). The zero-order valence-electron chi connectivity index (χ0n) is 10.8. The molecule has 0 radical (unpaired) electrons. The molecule has 0 amide bonds. The van der Waals surface area contributed by atoms with Gasteiger partial charge in [-0.25, -0.2) is 0 Å². The van der Waals surface area contributed by atoms with Gasteiger partial charge in [0, 0.05) is 12.6 Å². The van der Waals surface area contributed by atoms with E-state index < -0.39 is 4.92 Å². The summed E-state index contributed by atoms with van der Waals surface area (Å²) in [5, 5.41) is 14.1. The van der Waals surface area contributed by atoms with Crippen molar-refractivity contribution in [1.82, 2.24) is 0 Å². The fourth-order valence-electron chi connectivity index (χ4n) is 1.47. The summed E-state index contributed by atoms with van der Waals surface area (Å²) in [7, 11) is 0. The Labute approximate surface area is 106 Å². The molecule has 100 valence electrons. The Morgan fingerprint density at radius 1 is 1.44 bits per heavy atom. The lowest BCUT2D eigenvalue weighted by Crippen LogP contribution is -2.25. The van der Waals surface area contributed by atoms with Gasteiger partial charge in [0.15, 0.2) is 5.75 Å². The predicted molar refractivity (Wildman–Crippen MR) is 71.0 cm³/mol. The Hall–Kier alpha value is -1.82. The standard InChI is InChI=1S/C12H19N3O3/c1-8(2)18-11-6-4-5-10(12(11)15(16)17)14-7-9(3)13/h4-6,8-9,14H,7,13H2,1-3H3. The Balaban J connectivity index is 3.05. The van der Waals surface area contributed by atoms with Crippen LogP contribution in [0.3, 0.4) is 0 Å². The molecule has 6 heteroatoms. The molecule has 1 atom stereocenters. The van der Waals surface area contributed by atoms with Crippen LogP contribution in [-0.4, -0.2) is 23.6 Å². The van der Waals surface area contributed by atoms with E-state index >= 15 is 0 Å². The first-order valence-corrected chi connectivity index (χ1v) is 5.85. The largest absolute Gasteiger partial charge is 0.484 e. The molecule has 0 saturated carbocycles. The van der Waals surface area contributed by atoms with Gasteiger partial charge >= 0.3 is 5.69 Å². The molecule has 0 aliphatic carbocycles. The summed E-state index contributed by atoms with van der Waals surface area (Å²) in [4.78, 5) is 10.7. The minimum Gasteiger partial charge on any atom is -0.484 e. The number of nitrogens with two attached hydrogens (primary N) is 1. The highest BCUT2D eigenvalue weighted by atomic mass is 16.6. The number of benzene rings is 1. The number of nitrogens with one attached hydrogen (secondary N) is 1. The zero-order valence-corrected chi connectivity index (χ0v) is 10.8. The van der Waals surface area contributed by atoms with Gasteiger partial charge in [-0.15, -0.1) is 0 Å². The monoisotopic (exact) mass is 253 g/mol. The van der Waals surface area contributed by atoms with Gasteiger partial charge in [-0.1, -0.05) is 6.07 Å². The van der Waals surface area contributed by atoms with Gasteiger partial charge < -0.3 is 15.8 Å². The number of nitrogens with zero attached hydrogens (tertiary/aromatic N) is 1. The smallest absolute Gasteiger partial charge is 0.333 e. The van der Waals surface area contributed by atoms with Crippen molar-refractivity contribution in [3.63, 3.8) is 0 Å². The van der Waals surface area contributed by atoms with Crippen LogP contribution in [0, 0.1) is 10.1 Å². The van der Waals surface area contributed by atoms with Crippen molar-refractivity contribution in [2.75, 3.05) is 11.9 Å². The number of para-hydroxylation sites is 1. The van der Waals surface area contributed by atoms with Crippen LogP contribution in [0.5, 0.6) is 5.75 Å². The number of rotatable bonds is 6. The number of nitro groups is 1. The Bertz CT molecular complexity index is 419. The molecule has 0 saturated heterocycles. The lowest BCUT2D eigenvalue weighted by atomic mass is 10.2. The quantitative estimate of drug-likeness (QED) is 0.598. The molecule has 0 spiro atoms. The van der Waals surface area contributed by atoms with Crippen LogP contribution < -0.4 is 15.8 Å². The Morgan fingerprint density at radius 3 is 2.61 bits per heavy atom. The topological polar surface area (TPSA) is 90.4 Å². The van der Waals surface area contributed by atoms with Crippen LogP contribution in [0.15, 0.2) is 18.2 Å². The second-order valence-electron chi connectivity index (χ2n) is 4.43. The summed E-state index contributed by atoms with van der Waals surface area (Å²) >= 11 is 0. The first-order chi connectivity index (χ1) is 8.41. The molecule has 3 N–H and O–H groups in total. The van der Waals surface area contributed by atoms with Crippen LogP contribution in [0.4, 0.5) is 11.4 Å². The maximum Gasteiger partial charge on any atom is 0.333 e. The maximum atomic E-state index is 11.1. The third kappa shape index (κ3) is 3.89. The number of hydrogen-bond acceptors (Lipinski definition) is 5. The van der Waals surface area contributed by atoms with E-state index in [1.165, 1.54) is 0 Å². The van der Waals surface area contributed by atoms with Gasteiger partial charge in [0.2, 0.25) is 0 Å². The third-order valence-corrected chi connectivity index (χ3v) is 2.16. The van der Waals surface area contributed by atoms with E-state index in [0.29, 0.717) is 12.2 Å². The van der Waals surface area contributed by atoms with Crippen molar-refractivity contribution in [2.45, 2.75) is 32.9 Å². The summed E-state index contributed by atoms with van der Waals surface area (Å²) in [6.07, 6.45) is -0.118. The highest BCUT2D eigenvalue weighted by molar-refractivity contribution is 5.68. The fraction of sp³-hybridized carbons (Fsp3) is 0.500. The minimum atomic E-state index is -0.443. The second kappa shape index (κ2) is 6.20.